The Morgan fingerprint density at radius 2 is 2.00 bits per heavy atom. The van der Waals surface area contributed by atoms with E-state index >= 15 is 0 Å². The summed E-state index contributed by atoms with van der Waals surface area (Å²) in [6.07, 6.45) is 8.96. The maximum atomic E-state index is 11.9. The molecule has 1 aliphatic heterocycles. The van der Waals surface area contributed by atoms with E-state index < -0.39 is 0 Å². The van der Waals surface area contributed by atoms with Crippen LogP contribution in [0.25, 0.3) is 11.3 Å². The lowest BCUT2D eigenvalue weighted by atomic mass is 9.96. The van der Waals surface area contributed by atoms with Crippen molar-refractivity contribution < 1.29 is 4.79 Å². The molecule has 1 aromatic heterocycles. The number of carbonyl (C=O) groups excluding carboxylic acids is 1. The molecule has 2 N–H and O–H groups in total. The fourth-order valence-electron chi connectivity index (χ4n) is 3.61. The molecule has 1 fully saturated rings. The molecule has 124 valence electrons. The first-order valence-corrected chi connectivity index (χ1v) is 8.81. The Morgan fingerprint density at radius 3 is 2.88 bits per heavy atom. The lowest BCUT2D eigenvalue weighted by molar-refractivity contribution is 0.0946. The van der Waals surface area contributed by atoms with Gasteiger partial charge in [-0.2, -0.15) is 0 Å². The van der Waals surface area contributed by atoms with Crippen LogP contribution in [0.1, 0.15) is 48.0 Å². The van der Waals surface area contributed by atoms with Gasteiger partial charge < -0.3 is 10.6 Å². The third-order valence-corrected chi connectivity index (χ3v) is 4.92. The van der Waals surface area contributed by atoms with Crippen molar-refractivity contribution in [3.05, 3.63) is 41.6 Å². The molecule has 0 spiro atoms. The maximum Gasteiger partial charge on any atom is 0.251 e. The van der Waals surface area contributed by atoms with E-state index in [4.69, 9.17) is 0 Å². The quantitative estimate of drug-likeness (QED) is 0.911. The van der Waals surface area contributed by atoms with Crippen molar-refractivity contribution in [2.24, 2.45) is 0 Å². The summed E-state index contributed by atoms with van der Waals surface area (Å²) in [5.74, 6) is 0.722. The summed E-state index contributed by atoms with van der Waals surface area (Å²) in [7, 11) is 0. The molecule has 0 saturated heterocycles. The van der Waals surface area contributed by atoms with Gasteiger partial charge in [-0.15, -0.1) is 0 Å². The van der Waals surface area contributed by atoms with Gasteiger partial charge >= 0.3 is 0 Å². The molecule has 0 unspecified atom stereocenters. The van der Waals surface area contributed by atoms with Crippen molar-refractivity contribution in [1.29, 1.82) is 0 Å². The van der Waals surface area contributed by atoms with Crippen LogP contribution in [0, 0.1) is 0 Å². The lowest BCUT2D eigenvalue weighted by Gasteiger charge is -2.22. The molecular formula is C19H22N4O. The molecule has 1 amide bonds. The number of fused-ring (bicyclic) bond motifs is 1. The fraction of sp³-hybridized carbons (Fsp3) is 0.421. The minimum atomic E-state index is 0.0186. The number of rotatable bonds is 3. The molecule has 2 aromatic rings. The molecule has 1 aromatic carbocycles. The van der Waals surface area contributed by atoms with Gasteiger partial charge in [0.25, 0.3) is 5.91 Å². The van der Waals surface area contributed by atoms with E-state index in [1.807, 2.05) is 18.2 Å². The lowest BCUT2D eigenvalue weighted by Crippen LogP contribution is -2.31. The van der Waals surface area contributed by atoms with Crippen LogP contribution < -0.4 is 10.6 Å². The summed E-state index contributed by atoms with van der Waals surface area (Å²) < 4.78 is 0. The average molecular weight is 322 g/mol. The molecule has 5 nitrogen and oxygen atoms in total. The molecule has 2 heterocycles. The summed E-state index contributed by atoms with van der Waals surface area (Å²) in [4.78, 5) is 20.9. The zero-order valence-corrected chi connectivity index (χ0v) is 13.7. The topological polar surface area (TPSA) is 66.9 Å². The summed E-state index contributed by atoms with van der Waals surface area (Å²) in [5, 5.41) is 6.35. The zero-order valence-electron chi connectivity index (χ0n) is 13.7. The average Bonchev–Trinajstić information content (AvgIpc) is 2.63. The Balaban J connectivity index is 1.58. The molecule has 1 aliphatic carbocycles. The van der Waals surface area contributed by atoms with Crippen molar-refractivity contribution in [3.63, 3.8) is 0 Å². The Kier molecular flexibility index (Phi) is 4.15. The second-order valence-electron chi connectivity index (χ2n) is 6.62. The zero-order chi connectivity index (χ0) is 16.4. The number of anilines is 1. The number of aromatic nitrogens is 2. The van der Waals surface area contributed by atoms with Gasteiger partial charge in [0.2, 0.25) is 5.95 Å². The van der Waals surface area contributed by atoms with Gasteiger partial charge in [-0.25, -0.2) is 9.97 Å². The van der Waals surface area contributed by atoms with Crippen molar-refractivity contribution in [1.82, 2.24) is 15.3 Å². The standard InChI is InChI=1S/C19H22N4O/c24-18-16-7-6-14(12-13(16)8-10-20-18)17-9-11-21-19(23-17)22-15-4-2-1-3-5-15/h6-7,9,11-12,15H,1-5,8,10H2,(H,20,24)(H,21,22,23). The van der Waals surface area contributed by atoms with Gasteiger partial charge in [0, 0.05) is 29.9 Å². The van der Waals surface area contributed by atoms with E-state index in [1.165, 1.54) is 32.1 Å². The Labute approximate surface area is 141 Å². The van der Waals surface area contributed by atoms with Crippen LogP contribution in [0.3, 0.4) is 0 Å². The minimum absolute atomic E-state index is 0.0186. The van der Waals surface area contributed by atoms with Crippen molar-refractivity contribution >= 4 is 11.9 Å². The van der Waals surface area contributed by atoms with E-state index in [0.717, 1.165) is 28.8 Å². The monoisotopic (exact) mass is 322 g/mol. The molecule has 0 bridgehead atoms. The first-order valence-electron chi connectivity index (χ1n) is 8.81. The van der Waals surface area contributed by atoms with Crippen molar-refractivity contribution in [2.75, 3.05) is 11.9 Å². The van der Waals surface area contributed by atoms with E-state index in [2.05, 4.69) is 26.7 Å². The summed E-state index contributed by atoms with van der Waals surface area (Å²) in [6.45, 7) is 0.702. The van der Waals surface area contributed by atoms with Crippen LogP contribution in [0.2, 0.25) is 0 Å². The van der Waals surface area contributed by atoms with Crippen LogP contribution in [-0.4, -0.2) is 28.5 Å². The van der Waals surface area contributed by atoms with Gasteiger partial charge in [-0.05, 0) is 43.0 Å². The Hall–Kier alpha value is -2.43. The number of benzene rings is 1. The highest BCUT2D eigenvalue weighted by atomic mass is 16.1. The molecule has 2 aliphatic rings. The molecule has 4 rings (SSSR count). The first-order chi connectivity index (χ1) is 11.8. The molecule has 24 heavy (non-hydrogen) atoms. The second kappa shape index (κ2) is 6.59. The predicted octanol–water partition coefficient (Wildman–Crippen LogP) is 3.17. The molecule has 1 saturated carbocycles. The highest BCUT2D eigenvalue weighted by molar-refractivity contribution is 5.97. The fourth-order valence-corrected chi connectivity index (χ4v) is 3.61. The minimum Gasteiger partial charge on any atom is -0.352 e. The first kappa shape index (κ1) is 15.1. The molecule has 0 atom stereocenters. The number of amides is 1. The molecule has 0 radical (unpaired) electrons. The van der Waals surface area contributed by atoms with E-state index in [1.54, 1.807) is 6.20 Å². The number of carbonyl (C=O) groups is 1. The smallest absolute Gasteiger partial charge is 0.251 e. The number of nitrogens with one attached hydrogen (secondary N) is 2. The van der Waals surface area contributed by atoms with Gasteiger partial charge in [-0.1, -0.05) is 25.3 Å². The van der Waals surface area contributed by atoms with Crippen LogP contribution in [-0.2, 0) is 6.42 Å². The van der Waals surface area contributed by atoms with Gasteiger partial charge in [0.1, 0.15) is 0 Å². The third kappa shape index (κ3) is 3.11. The van der Waals surface area contributed by atoms with E-state index in [-0.39, 0.29) is 5.91 Å². The van der Waals surface area contributed by atoms with E-state index in [0.29, 0.717) is 18.5 Å². The van der Waals surface area contributed by atoms with Gasteiger partial charge in [0.15, 0.2) is 0 Å². The van der Waals surface area contributed by atoms with Gasteiger partial charge in [0.05, 0.1) is 5.69 Å². The Morgan fingerprint density at radius 1 is 1.12 bits per heavy atom. The van der Waals surface area contributed by atoms with Crippen LogP contribution in [0.5, 0.6) is 0 Å². The largest absolute Gasteiger partial charge is 0.352 e. The summed E-state index contributed by atoms with van der Waals surface area (Å²) in [5.41, 5.74) is 3.81. The molecular weight excluding hydrogens is 300 g/mol. The number of nitrogens with zero attached hydrogens (tertiary/aromatic N) is 2. The third-order valence-electron chi connectivity index (χ3n) is 4.92. The molecule has 5 heteroatoms. The summed E-state index contributed by atoms with van der Waals surface area (Å²) in [6, 6.07) is 8.37. The highest BCUT2D eigenvalue weighted by Crippen LogP contribution is 2.25. The highest BCUT2D eigenvalue weighted by Gasteiger charge is 2.18. The van der Waals surface area contributed by atoms with Crippen LogP contribution in [0.4, 0.5) is 5.95 Å². The van der Waals surface area contributed by atoms with E-state index in [9.17, 15) is 4.79 Å². The SMILES string of the molecule is O=C1NCCc2cc(-c3ccnc(NC4CCCCC4)n3)ccc21. The number of hydrogen-bond acceptors (Lipinski definition) is 4. The van der Waals surface area contributed by atoms with Crippen LogP contribution in [0.15, 0.2) is 30.5 Å². The second-order valence-corrected chi connectivity index (χ2v) is 6.62. The predicted molar refractivity (Wildman–Crippen MR) is 94.0 cm³/mol. The van der Waals surface area contributed by atoms with Gasteiger partial charge in [-0.3, -0.25) is 4.79 Å². The Bertz CT molecular complexity index is 753. The van der Waals surface area contributed by atoms with Crippen molar-refractivity contribution in [3.8, 4) is 11.3 Å². The van der Waals surface area contributed by atoms with Crippen molar-refractivity contribution in [2.45, 2.75) is 44.6 Å². The van der Waals surface area contributed by atoms with Crippen LogP contribution >= 0.6 is 0 Å². The summed E-state index contributed by atoms with van der Waals surface area (Å²) >= 11 is 0. The maximum absolute atomic E-state index is 11.9. The number of hydrogen-bond donors (Lipinski definition) is 2. The normalized spacial score (nSPS) is 17.9.